The predicted molar refractivity (Wildman–Crippen MR) is 82.5 cm³/mol. The second-order valence-electron chi connectivity index (χ2n) is 5.62. The maximum absolute atomic E-state index is 12.0. The van der Waals surface area contributed by atoms with Crippen molar-refractivity contribution < 1.29 is 9.53 Å². The number of carbonyl (C=O) groups is 1. The molecule has 0 atom stereocenters. The lowest BCUT2D eigenvalue weighted by Gasteiger charge is -2.27. The molecule has 0 spiro atoms. The Kier molecular flexibility index (Phi) is 4.60. The van der Waals surface area contributed by atoms with Crippen LogP contribution in [0, 0.1) is 0 Å². The molecule has 3 rings (SSSR count). The molecular weight excluding hydrogens is 266 g/mol. The Hall–Kier alpha value is -1.75. The number of ether oxygens (including phenoxy) is 1. The summed E-state index contributed by atoms with van der Waals surface area (Å²) in [7, 11) is 0. The van der Waals surface area contributed by atoms with E-state index in [4.69, 9.17) is 4.74 Å². The molecule has 2 amide bonds. The monoisotopic (exact) mass is 289 g/mol. The van der Waals surface area contributed by atoms with Gasteiger partial charge in [0.05, 0.1) is 13.2 Å². The van der Waals surface area contributed by atoms with E-state index in [0.717, 1.165) is 18.7 Å². The molecule has 2 fully saturated rings. The number of hydrogen-bond donors (Lipinski definition) is 1. The van der Waals surface area contributed by atoms with Crippen LogP contribution in [0.25, 0.3) is 0 Å². The van der Waals surface area contributed by atoms with Gasteiger partial charge in [-0.1, -0.05) is 12.1 Å². The molecule has 114 valence electrons. The number of carbonyl (C=O) groups excluding carboxylic acids is 1. The summed E-state index contributed by atoms with van der Waals surface area (Å²) >= 11 is 0. The highest BCUT2D eigenvalue weighted by atomic mass is 16.5. The van der Waals surface area contributed by atoms with Crippen molar-refractivity contribution in [2.75, 3.05) is 44.3 Å². The minimum absolute atomic E-state index is 0.00178. The smallest absolute Gasteiger partial charge is 0.317 e. The number of hydrogen-bond acceptors (Lipinski definition) is 3. The quantitative estimate of drug-likeness (QED) is 0.923. The molecule has 0 radical (unpaired) electrons. The molecule has 21 heavy (non-hydrogen) atoms. The van der Waals surface area contributed by atoms with E-state index in [1.54, 1.807) is 0 Å². The van der Waals surface area contributed by atoms with Crippen LogP contribution in [0.1, 0.15) is 18.4 Å². The number of amides is 2. The Labute approximate surface area is 125 Å². The van der Waals surface area contributed by atoms with Crippen LogP contribution in [0.5, 0.6) is 0 Å². The van der Waals surface area contributed by atoms with Gasteiger partial charge in [0, 0.05) is 38.4 Å². The first-order chi connectivity index (χ1) is 10.3. The molecule has 1 aromatic rings. The topological polar surface area (TPSA) is 44.8 Å². The van der Waals surface area contributed by atoms with Crippen molar-refractivity contribution in [2.24, 2.45) is 0 Å². The van der Waals surface area contributed by atoms with E-state index in [-0.39, 0.29) is 6.03 Å². The summed E-state index contributed by atoms with van der Waals surface area (Å²) in [4.78, 5) is 16.2. The van der Waals surface area contributed by atoms with Crippen LogP contribution in [0.15, 0.2) is 24.3 Å². The van der Waals surface area contributed by atoms with E-state index in [9.17, 15) is 4.79 Å². The third-order valence-corrected chi connectivity index (χ3v) is 4.15. The Balaban J connectivity index is 1.49. The van der Waals surface area contributed by atoms with Crippen molar-refractivity contribution in [1.29, 1.82) is 0 Å². The highest BCUT2D eigenvalue weighted by Gasteiger charge is 2.16. The number of urea groups is 1. The van der Waals surface area contributed by atoms with E-state index < -0.39 is 0 Å². The van der Waals surface area contributed by atoms with Gasteiger partial charge in [-0.15, -0.1) is 0 Å². The highest BCUT2D eigenvalue weighted by Crippen LogP contribution is 2.20. The van der Waals surface area contributed by atoms with E-state index in [0.29, 0.717) is 32.8 Å². The summed E-state index contributed by atoms with van der Waals surface area (Å²) in [6, 6.07) is 8.52. The standard InChI is InChI=1S/C16H23N3O2/c20-16(19-9-11-21-12-10-19)17-13-14-3-5-15(6-4-14)18-7-1-2-8-18/h3-6H,1-2,7-13H2,(H,17,20). The van der Waals surface area contributed by atoms with E-state index in [1.807, 2.05) is 4.90 Å². The summed E-state index contributed by atoms with van der Waals surface area (Å²) < 4.78 is 5.25. The molecule has 0 unspecified atom stereocenters. The Morgan fingerprint density at radius 3 is 2.38 bits per heavy atom. The maximum atomic E-state index is 12.0. The fourth-order valence-corrected chi connectivity index (χ4v) is 2.86. The highest BCUT2D eigenvalue weighted by molar-refractivity contribution is 5.74. The molecule has 0 bridgehead atoms. The van der Waals surface area contributed by atoms with Crippen molar-refractivity contribution in [3.8, 4) is 0 Å². The van der Waals surface area contributed by atoms with Crippen LogP contribution in [-0.2, 0) is 11.3 Å². The lowest BCUT2D eigenvalue weighted by Crippen LogP contribution is -2.45. The third-order valence-electron chi connectivity index (χ3n) is 4.15. The average molecular weight is 289 g/mol. The number of nitrogens with zero attached hydrogens (tertiary/aromatic N) is 2. The third kappa shape index (κ3) is 3.67. The van der Waals surface area contributed by atoms with Crippen molar-refractivity contribution in [3.63, 3.8) is 0 Å². The van der Waals surface area contributed by atoms with Crippen molar-refractivity contribution in [3.05, 3.63) is 29.8 Å². The fourth-order valence-electron chi connectivity index (χ4n) is 2.86. The summed E-state index contributed by atoms with van der Waals surface area (Å²) in [6.07, 6.45) is 2.58. The van der Waals surface area contributed by atoms with E-state index >= 15 is 0 Å². The number of nitrogens with one attached hydrogen (secondary N) is 1. The van der Waals surface area contributed by atoms with Crippen molar-refractivity contribution in [2.45, 2.75) is 19.4 Å². The Morgan fingerprint density at radius 1 is 1.05 bits per heavy atom. The molecule has 2 heterocycles. The Morgan fingerprint density at radius 2 is 1.71 bits per heavy atom. The van der Waals surface area contributed by atoms with Crippen LogP contribution in [0.4, 0.5) is 10.5 Å². The molecule has 0 aliphatic carbocycles. The van der Waals surface area contributed by atoms with E-state index in [1.165, 1.54) is 18.5 Å². The number of rotatable bonds is 3. The average Bonchev–Trinajstić information content (AvgIpc) is 3.08. The van der Waals surface area contributed by atoms with E-state index in [2.05, 4.69) is 34.5 Å². The second kappa shape index (κ2) is 6.80. The largest absolute Gasteiger partial charge is 0.378 e. The SMILES string of the molecule is O=C(NCc1ccc(N2CCCC2)cc1)N1CCOCC1. The number of anilines is 1. The minimum atomic E-state index is 0.00178. The van der Waals surface area contributed by atoms with Crippen molar-refractivity contribution in [1.82, 2.24) is 10.2 Å². The van der Waals surface area contributed by atoms with Crippen LogP contribution in [0.2, 0.25) is 0 Å². The van der Waals surface area contributed by atoms with Crippen LogP contribution < -0.4 is 10.2 Å². The van der Waals surface area contributed by atoms with Gasteiger partial charge in [-0.05, 0) is 30.5 Å². The van der Waals surface area contributed by atoms with Crippen LogP contribution >= 0.6 is 0 Å². The molecular formula is C16H23N3O2. The van der Waals surface area contributed by atoms with Gasteiger partial charge in [-0.3, -0.25) is 0 Å². The summed E-state index contributed by atoms with van der Waals surface area (Å²) in [6.45, 7) is 5.53. The lowest BCUT2D eigenvalue weighted by atomic mass is 10.2. The minimum Gasteiger partial charge on any atom is -0.378 e. The molecule has 2 aliphatic heterocycles. The first-order valence-corrected chi connectivity index (χ1v) is 7.77. The first-order valence-electron chi connectivity index (χ1n) is 7.77. The van der Waals surface area contributed by atoms with Gasteiger partial charge in [0.25, 0.3) is 0 Å². The lowest BCUT2D eigenvalue weighted by molar-refractivity contribution is 0.0531. The number of benzene rings is 1. The molecule has 1 N–H and O–H groups in total. The molecule has 5 nitrogen and oxygen atoms in total. The molecule has 0 aromatic heterocycles. The second-order valence-corrected chi connectivity index (χ2v) is 5.62. The predicted octanol–water partition coefficient (Wildman–Crippen LogP) is 1.83. The molecule has 0 saturated carbocycles. The van der Waals surface area contributed by atoms with Gasteiger partial charge in [0.1, 0.15) is 0 Å². The summed E-state index contributed by atoms with van der Waals surface area (Å²) in [5.41, 5.74) is 2.43. The zero-order valence-electron chi connectivity index (χ0n) is 12.4. The first kappa shape index (κ1) is 14.2. The number of morpholine rings is 1. The van der Waals surface area contributed by atoms with Gasteiger partial charge >= 0.3 is 6.03 Å². The molecule has 1 aromatic carbocycles. The van der Waals surface area contributed by atoms with Gasteiger partial charge in [0.2, 0.25) is 0 Å². The zero-order chi connectivity index (χ0) is 14.5. The summed E-state index contributed by atoms with van der Waals surface area (Å²) in [5, 5.41) is 2.98. The zero-order valence-corrected chi connectivity index (χ0v) is 12.4. The fraction of sp³-hybridized carbons (Fsp3) is 0.562. The summed E-state index contributed by atoms with van der Waals surface area (Å²) in [5.74, 6) is 0. The van der Waals surface area contributed by atoms with Crippen molar-refractivity contribution >= 4 is 11.7 Å². The van der Waals surface area contributed by atoms with Crippen LogP contribution in [-0.4, -0.2) is 50.3 Å². The van der Waals surface area contributed by atoms with Gasteiger partial charge < -0.3 is 19.9 Å². The normalized spacial score (nSPS) is 18.9. The van der Waals surface area contributed by atoms with Crippen LogP contribution in [0.3, 0.4) is 0 Å². The Bertz CT molecular complexity index is 463. The maximum Gasteiger partial charge on any atom is 0.317 e. The van der Waals surface area contributed by atoms with Gasteiger partial charge in [0.15, 0.2) is 0 Å². The van der Waals surface area contributed by atoms with Gasteiger partial charge in [-0.2, -0.15) is 0 Å². The van der Waals surface area contributed by atoms with Gasteiger partial charge in [-0.25, -0.2) is 4.79 Å². The molecule has 2 aliphatic rings. The molecule has 2 saturated heterocycles. The molecule has 5 heteroatoms.